The van der Waals surface area contributed by atoms with E-state index in [1.807, 2.05) is 0 Å². The molecule has 20 heavy (non-hydrogen) atoms. The van der Waals surface area contributed by atoms with Gasteiger partial charge in [0.25, 0.3) is 5.56 Å². The Balaban J connectivity index is 2.42. The summed E-state index contributed by atoms with van der Waals surface area (Å²) in [4.78, 5) is 11.8. The van der Waals surface area contributed by atoms with Crippen molar-refractivity contribution in [3.8, 4) is 11.5 Å². The molecule has 0 fully saturated rings. The normalized spacial score (nSPS) is 10.9. The van der Waals surface area contributed by atoms with Gasteiger partial charge >= 0.3 is 0 Å². The lowest BCUT2D eigenvalue weighted by molar-refractivity contribution is 0.373. The Morgan fingerprint density at radius 3 is 3.00 bits per heavy atom. The molecule has 1 aromatic carbocycles. The lowest BCUT2D eigenvalue weighted by Gasteiger charge is -2.03. The molecule has 8 heteroatoms. The Morgan fingerprint density at radius 2 is 2.30 bits per heavy atom. The summed E-state index contributed by atoms with van der Waals surface area (Å²) in [5, 5.41) is 19.8. The molecule has 0 radical (unpaired) electrons. The van der Waals surface area contributed by atoms with Gasteiger partial charge < -0.3 is 9.84 Å². The second kappa shape index (κ2) is 5.66. The number of nitrogens with one attached hydrogen (secondary N) is 1. The fourth-order valence-corrected chi connectivity index (χ4v) is 1.65. The summed E-state index contributed by atoms with van der Waals surface area (Å²) in [5.74, 6) is 0.344. The number of hydrogen-bond donors (Lipinski definition) is 2. The van der Waals surface area contributed by atoms with Gasteiger partial charge in [-0.3, -0.25) is 9.89 Å². The Labute approximate surface area is 119 Å². The van der Waals surface area contributed by atoms with Crippen LogP contribution in [0.3, 0.4) is 0 Å². The molecule has 0 atom stereocenters. The van der Waals surface area contributed by atoms with Gasteiger partial charge in [0.05, 0.1) is 13.3 Å². The van der Waals surface area contributed by atoms with Crippen LogP contribution in [0.25, 0.3) is 0 Å². The van der Waals surface area contributed by atoms with Crippen LogP contribution in [0.2, 0.25) is 0 Å². The van der Waals surface area contributed by atoms with Gasteiger partial charge in [0, 0.05) is 0 Å². The number of hydrogen-bond acceptors (Lipinski definition) is 6. The maximum Gasteiger partial charge on any atom is 0.296 e. The van der Waals surface area contributed by atoms with Crippen LogP contribution in [0.15, 0.2) is 28.1 Å². The molecule has 0 saturated carbocycles. The molecular formula is C12H12N4O3S. The van der Waals surface area contributed by atoms with Crippen molar-refractivity contribution < 1.29 is 9.84 Å². The standard InChI is InChI=1S/C12H12N4O3S/c1-7-11(18)16(12(20)15-14-7)13-6-8-3-4-9(17)10(5-8)19-2/h3-6,17H,1-2H3,(H,15,20). The number of aromatic nitrogens is 3. The molecule has 0 unspecified atom stereocenters. The predicted octanol–water partition coefficient (Wildman–Crippen LogP) is 1.21. The lowest BCUT2D eigenvalue weighted by Crippen LogP contribution is -2.22. The average molecular weight is 292 g/mol. The zero-order valence-corrected chi connectivity index (χ0v) is 11.6. The summed E-state index contributed by atoms with van der Waals surface area (Å²) in [6, 6.07) is 4.69. The van der Waals surface area contributed by atoms with E-state index >= 15 is 0 Å². The number of phenols is 1. The summed E-state index contributed by atoms with van der Waals surface area (Å²) < 4.78 is 6.13. The number of methoxy groups -OCH3 is 1. The lowest BCUT2D eigenvalue weighted by atomic mass is 10.2. The third-order valence-corrected chi connectivity index (χ3v) is 2.80. The highest BCUT2D eigenvalue weighted by atomic mass is 32.1. The minimum atomic E-state index is -0.393. The molecule has 2 N–H and O–H groups in total. The maximum atomic E-state index is 11.8. The SMILES string of the molecule is COc1cc(C=Nn2c(=S)[nH]nc(C)c2=O)ccc1O. The first kappa shape index (κ1) is 13.9. The number of aromatic amines is 1. The van der Waals surface area contributed by atoms with Gasteiger partial charge in [-0.15, -0.1) is 0 Å². The number of rotatable bonds is 3. The predicted molar refractivity (Wildman–Crippen MR) is 76.1 cm³/mol. The van der Waals surface area contributed by atoms with Gasteiger partial charge in [-0.25, -0.2) is 0 Å². The van der Waals surface area contributed by atoms with Crippen molar-refractivity contribution in [2.45, 2.75) is 6.92 Å². The molecule has 104 valence electrons. The zero-order chi connectivity index (χ0) is 14.7. The summed E-state index contributed by atoms with van der Waals surface area (Å²) in [5.41, 5.74) is 0.519. The summed E-state index contributed by atoms with van der Waals surface area (Å²) in [6.45, 7) is 1.56. The van der Waals surface area contributed by atoms with Crippen LogP contribution >= 0.6 is 12.2 Å². The van der Waals surface area contributed by atoms with E-state index in [1.54, 1.807) is 19.1 Å². The Morgan fingerprint density at radius 1 is 1.55 bits per heavy atom. The van der Waals surface area contributed by atoms with Crippen LogP contribution in [0.1, 0.15) is 11.3 Å². The molecule has 0 saturated heterocycles. The zero-order valence-electron chi connectivity index (χ0n) is 10.8. The molecular weight excluding hydrogens is 280 g/mol. The van der Waals surface area contributed by atoms with Crippen molar-refractivity contribution in [3.63, 3.8) is 0 Å². The first-order valence-electron chi connectivity index (χ1n) is 5.62. The number of benzene rings is 1. The van der Waals surface area contributed by atoms with E-state index in [4.69, 9.17) is 17.0 Å². The second-order valence-corrected chi connectivity index (χ2v) is 4.29. The molecule has 0 aliphatic rings. The maximum absolute atomic E-state index is 11.8. The van der Waals surface area contributed by atoms with Gasteiger partial charge in [0.1, 0.15) is 5.69 Å². The first-order valence-corrected chi connectivity index (χ1v) is 6.03. The van der Waals surface area contributed by atoms with E-state index in [9.17, 15) is 9.90 Å². The Hall–Kier alpha value is -2.48. The van der Waals surface area contributed by atoms with Crippen LogP contribution in [-0.2, 0) is 0 Å². The molecule has 2 aromatic rings. The summed E-state index contributed by atoms with van der Waals surface area (Å²) in [7, 11) is 1.45. The van der Waals surface area contributed by atoms with E-state index in [2.05, 4.69) is 15.3 Å². The third kappa shape index (κ3) is 2.75. The van der Waals surface area contributed by atoms with Gasteiger partial charge in [-0.05, 0) is 42.9 Å². The topological polar surface area (TPSA) is 92.5 Å². The van der Waals surface area contributed by atoms with Gasteiger partial charge in [-0.2, -0.15) is 14.9 Å². The fraction of sp³-hybridized carbons (Fsp3) is 0.167. The Bertz CT molecular complexity index is 779. The minimum Gasteiger partial charge on any atom is -0.504 e. The van der Waals surface area contributed by atoms with E-state index < -0.39 is 5.56 Å². The molecule has 7 nitrogen and oxygen atoms in total. The van der Waals surface area contributed by atoms with Crippen molar-refractivity contribution in [1.82, 2.24) is 14.9 Å². The van der Waals surface area contributed by atoms with Crippen molar-refractivity contribution in [3.05, 3.63) is 44.6 Å². The highest BCUT2D eigenvalue weighted by Gasteiger charge is 2.03. The van der Waals surface area contributed by atoms with Gasteiger partial charge in [-0.1, -0.05) is 0 Å². The fourth-order valence-electron chi connectivity index (χ4n) is 1.48. The number of aryl methyl sites for hydroxylation is 1. The Kier molecular flexibility index (Phi) is 3.94. The monoisotopic (exact) mass is 292 g/mol. The van der Waals surface area contributed by atoms with Crippen molar-refractivity contribution in [1.29, 1.82) is 0 Å². The van der Waals surface area contributed by atoms with E-state index in [1.165, 1.54) is 19.4 Å². The second-order valence-electron chi connectivity index (χ2n) is 3.91. The summed E-state index contributed by atoms with van der Waals surface area (Å²) >= 11 is 4.95. The molecule has 0 aliphatic carbocycles. The van der Waals surface area contributed by atoms with Crippen molar-refractivity contribution >= 4 is 18.4 Å². The number of H-pyrrole nitrogens is 1. The number of ether oxygens (including phenoxy) is 1. The molecule has 0 bridgehead atoms. The molecule has 2 rings (SSSR count). The van der Waals surface area contributed by atoms with E-state index in [-0.39, 0.29) is 16.2 Å². The smallest absolute Gasteiger partial charge is 0.296 e. The van der Waals surface area contributed by atoms with Crippen molar-refractivity contribution in [2.75, 3.05) is 7.11 Å². The van der Waals surface area contributed by atoms with Crippen LogP contribution in [-0.4, -0.2) is 33.3 Å². The first-order chi connectivity index (χ1) is 9.52. The molecule has 0 aliphatic heterocycles. The number of phenolic OH excluding ortho intramolecular Hbond substituents is 1. The third-order valence-electron chi connectivity index (χ3n) is 2.54. The number of nitrogens with zero attached hydrogens (tertiary/aromatic N) is 3. The van der Waals surface area contributed by atoms with Crippen LogP contribution in [0.5, 0.6) is 11.5 Å². The minimum absolute atomic E-state index is 0.0267. The molecule has 0 spiro atoms. The van der Waals surface area contributed by atoms with Gasteiger partial charge in [0.2, 0.25) is 4.77 Å². The van der Waals surface area contributed by atoms with E-state index in [0.717, 1.165) is 4.68 Å². The quantitative estimate of drug-likeness (QED) is 0.655. The van der Waals surface area contributed by atoms with Gasteiger partial charge in [0.15, 0.2) is 11.5 Å². The summed E-state index contributed by atoms with van der Waals surface area (Å²) in [6.07, 6.45) is 1.44. The van der Waals surface area contributed by atoms with Crippen LogP contribution in [0.4, 0.5) is 0 Å². The molecule has 1 heterocycles. The van der Waals surface area contributed by atoms with E-state index in [0.29, 0.717) is 11.3 Å². The molecule has 0 amide bonds. The highest BCUT2D eigenvalue weighted by molar-refractivity contribution is 7.71. The largest absolute Gasteiger partial charge is 0.504 e. The average Bonchev–Trinajstić information content (AvgIpc) is 2.44. The van der Waals surface area contributed by atoms with Crippen LogP contribution in [0, 0.1) is 11.7 Å². The number of aromatic hydroxyl groups is 1. The molecule has 1 aromatic heterocycles. The highest BCUT2D eigenvalue weighted by Crippen LogP contribution is 2.25. The van der Waals surface area contributed by atoms with Crippen LogP contribution < -0.4 is 10.3 Å². The van der Waals surface area contributed by atoms with Crippen molar-refractivity contribution in [2.24, 2.45) is 5.10 Å².